The van der Waals surface area contributed by atoms with Gasteiger partial charge in [-0.15, -0.1) is 0 Å². The molecule has 0 spiro atoms. The highest BCUT2D eigenvalue weighted by molar-refractivity contribution is 5.96. The lowest BCUT2D eigenvalue weighted by atomic mass is 9.95. The van der Waals surface area contributed by atoms with E-state index in [1.807, 2.05) is 61.5 Å². The van der Waals surface area contributed by atoms with Gasteiger partial charge in [0.2, 0.25) is 11.8 Å². The molecule has 3 aromatic carbocycles. The summed E-state index contributed by atoms with van der Waals surface area (Å²) in [6.45, 7) is 4.29. The van der Waals surface area contributed by atoms with Crippen LogP contribution in [0.2, 0.25) is 0 Å². The van der Waals surface area contributed by atoms with Crippen molar-refractivity contribution in [2.75, 3.05) is 11.9 Å². The fourth-order valence-corrected chi connectivity index (χ4v) is 4.73. The molecule has 0 saturated heterocycles. The van der Waals surface area contributed by atoms with Gasteiger partial charge in [-0.1, -0.05) is 66.7 Å². The predicted octanol–water partition coefficient (Wildman–Crippen LogP) is 5.63. The molecule has 212 valence electrons. The van der Waals surface area contributed by atoms with Gasteiger partial charge in [0.25, 0.3) is 0 Å². The second kappa shape index (κ2) is 14.1. The van der Waals surface area contributed by atoms with Gasteiger partial charge < -0.3 is 21.1 Å². The third kappa shape index (κ3) is 8.38. The van der Waals surface area contributed by atoms with E-state index in [0.29, 0.717) is 18.5 Å². The number of aryl methyl sites for hydroxylation is 1. The minimum atomic E-state index is -1.03. The minimum Gasteiger partial charge on any atom is -0.481 e. The van der Waals surface area contributed by atoms with Crippen LogP contribution in [0.25, 0.3) is 21.9 Å². The zero-order valence-electron chi connectivity index (χ0n) is 23.4. The Morgan fingerprint density at radius 3 is 2.41 bits per heavy atom. The minimum absolute atomic E-state index is 0.226. The zero-order valence-corrected chi connectivity index (χ0v) is 23.4. The van der Waals surface area contributed by atoms with Crippen molar-refractivity contribution in [2.24, 2.45) is 0 Å². The number of carboxylic acids is 1. The third-order valence-corrected chi connectivity index (χ3v) is 6.93. The number of hydrogen-bond donors (Lipinski definition) is 4. The van der Waals surface area contributed by atoms with Crippen molar-refractivity contribution in [3.63, 3.8) is 0 Å². The fourth-order valence-electron chi connectivity index (χ4n) is 4.73. The molecule has 2 amide bonds. The summed E-state index contributed by atoms with van der Waals surface area (Å²) in [5.41, 5.74) is 3.88. The maximum Gasteiger partial charge on any atom is 0.305 e. The van der Waals surface area contributed by atoms with Gasteiger partial charge in [-0.25, -0.2) is 4.98 Å². The van der Waals surface area contributed by atoms with Crippen LogP contribution < -0.4 is 16.0 Å². The van der Waals surface area contributed by atoms with E-state index in [-0.39, 0.29) is 18.7 Å². The molecule has 0 aliphatic rings. The number of unbranched alkanes of at least 4 members (excludes halogenated alkanes) is 1. The van der Waals surface area contributed by atoms with Gasteiger partial charge in [-0.05, 0) is 71.8 Å². The number of nitrogens with zero attached hydrogens (tertiary/aromatic N) is 1. The lowest BCUT2D eigenvalue weighted by Gasteiger charge is -2.21. The quantitative estimate of drug-likeness (QED) is 0.160. The van der Waals surface area contributed by atoms with Crippen LogP contribution in [-0.4, -0.2) is 40.5 Å². The van der Waals surface area contributed by atoms with Crippen LogP contribution in [0.1, 0.15) is 49.8 Å². The Labute approximate surface area is 240 Å². The fraction of sp³-hybridized carbons (Fsp3) is 0.273. The first-order valence-corrected chi connectivity index (χ1v) is 13.9. The number of nitrogens with one attached hydrogen (secondary N) is 3. The first kappa shape index (κ1) is 29.3. The van der Waals surface area contributed by atoms with Crippen LogP contribution in [0, 0.1) is 6.92 Å². The number of hydrogen-bond acceptors (Lipinski definition) is 5. The van der Waals surface area contributed by atoms with Crippen molar-refractivity contribution in [1.29, 1.82) is 0 Å². The van der Waals surface area contributed by atoms with E-state index in [1.165, 1.54) is 0 Å². The molecule has 0 radical (unpaired) electrons. The second-order valence-corrected chi connectivity index (χ2v) is 10.2. The Kier molecular flexibility index (Phi) is 10.0. The summed E-state index contributed by atoms with van der Waals surface area (Å²) in [6.07, 6.45) is 3.19. The first-order valence-electron chi connectivity index (χ1n) is 13.9. The molecule has 0 saturated carbocycles. The topological polar surface area (TPSA) is 120 Å². The molecule has 1 aromatic heterocycles. The van der Waals surface area contributed by atoms with Gasteiger partial charge in [-0.3, -0.25) is 14.4 Å². The summed E-state index contributed by atoms with van der Waals surface area (Å²) >= 11 is 0. The van der Waals surface area contributed by atoms with Gasteiger partial charge in [0.05, 0.1) is 12.5 Å². The van der Waals surface area contributed by atoms with E-state index in [0.717, 1.165) is 39.7 Å². The molecule has 1 heterocycles. The largest absolute Gasteiger partial charge is 0.481 e. The number of carboxylic acid groups (broad SMARTS) is 1. The first-order chi connectivity index (χ1) is 19.8. The Hall–Kier alpha value is -4.72. The van der Waals surface area contributed by atoms with Crippen LogP contribution in [0.5, 0.6) is 0 Å². The molecule has 41 heavy (non-hydrogen) atoms. The molecular formula is C33H36N4O4. The SMILES string of the molecule is Cc1ccnc(NCCCCC(=O)N[C@@H](C)C(=O)N[C@@H](CC(=O)O)c2ccc(-c3cccc4ccccc34)cc2)c1. The Morgan fingerprint density at radius 1 is 0.902 bits per heavy atom. The van der Waals surface area contributed by atoms with E-state index in [9.17, 15) is 19.5 Å². The molecule has 0 bridgehead atoms. The van der Waals surface area contributed by atoms with Crippen LogP contribution >= 0.6 is 0 Å². The monoisotopic (exact) mass is 552 g/mol. The average Bonchev–Trinajstić information content (AvgIpc) is 2.96. The van der Waals surface area contributed by atoms with Gasteiger partial charge in [-0.2, -0.15) is 0 Å². The maximum atomic E-state index is 12.9. The molecule has 4 N–H and O–H groups in total. The molecule has 2 atom stereocenters. The maximum absolute atomic E-state index is 12.9. The van der Waals surface area contributed by atoms with Crippen molar-refractivity contribution >= 4 is 34.4 Å². The van der Waals surface area contributed by atoms with Crippen molar-refractivity contribution < 1.29 is 19.5 Å². The van der Waals surface area contributed by atoms with Crippen molar-refractivity contribution in [3.05, 3.63) is 96.2 Å². The average molecular weight is 553 g/mol. The summed E-state index contributed by atoms with van der Waals surface area (Å²) < 4.78 is 0. The normalized spacial score (nSPS) is 12.3. The molecule has 0 aliphatic carbocycles. The highest BCUT2D eigenvalue weighted by Gasteiger charge is 2.22. The van der Waals surface area contributed by atoms with Crippen LogP contribution in [-0.2, 0) is 14.4 Å². The van der Waals surface area contributed by atoms with Gasteiger partial charge >= 0.3 is 5.97 Å². The molecular weight excluding hydrogens is 516 g/mol. The number of carbonyl (C=O) groups is 3. The van der Waals surface area contributed by atoms with Gasteiger partial charge in [0.15, 0.2) is 0 Å². The van der Waals surface area contributed by atoms with Crippen LogP contribution in [0.3, 0.4) is 0 Å². The molecule has 8 heteroatoms. The Bertz CT molecular complexity index is 1500. The van der Waals surface area contributed by atoms with Crippen LogP contribution in [0.15, 0.2) is 85.1 Å². The third-order valence-electron chi connectivity index (χ3n) is 6.93. The predicted molar refractivity (Wildman–Crippen MR) is 161 cm³/mol. The number of aromatic nitrogens is 1. The van der Waals surface area contributed by atoms with E-state index >= 15 is 0 Å². The summed E-state index contributed by atoms with van der Waals surface area (Å²) in [5.74, 6) is -0.885. The number of benzene rings is 3. The summed E-state index contributed by atoms with van der Waals surface area (Å²) in [4.78, 5) is 41.2. The molecule has 8 nitrogen and oxygen atoms in total. The van der Waals surface area contributed by atoms with Gasteiger partial charge in [0.1, 0.15) is 11.9 Å². The molecule has 0 unspecified atom stereocenters. The highest BCUT2D eigenvalue weighted by atomic mass is 16.4. The lowest BCUT2D eigenvalue weighted by Crippen LogP contribution is -2.46. The number of pyridine rings is 1. The van der Waals surface area contributed by atoms with E-state index in [4.69, 9.17) is 0 Å². The van der Waals surface area contributed by atoms with Crippen LogP contribution in [0.4, 0.5) is 5.82 Å². The van der Waals surface area contributed by atoms with E-state index in [2.05, 4.69) is 45.2 Å². The standard InChI is InChI=1S/C33H36N4O4/c1-22-17-19-35-30(20-22)34-18-6-5-12-31(38)36-23(2)33(41)37-29(21-32(39)40)26-15-13-25(14-16-26)28-11-7-9-24-8-3-4-10-27(24)28/h3-4,7-11,13-17,19-20,23,29H,5-6,12,18,21H2,1-2H3,(H,34,35)(H,36,38)(H,37,41)(H,39,40)/t23-,29-/m0/s1. The number of carbonyl (C=O) groups excluding carboxylic acids is 2. The number of rotatable bonds is 13. The van der Waals surface area contributed by atoms with E-state index < -0.39 is 24.0 Å². The summed E-state index contributed by atoms with van der Waals surface area (Å²) in [6, 6.07) is 24.2. The Balaban J connectivity index is 1.30. The number of fused-ring (bicyclic) bond motifs is 1. The summed E-state index contributed by atoms with van der Waals surface area (Å²) in [5, 5.41) is 20.5. The van der Waals surface area contributed by atoms with Crippen molar-refractivity contribution in [2.45, 2.75) is 51.6 Å². The smallest absolute Gasteiger partial charge is 0.305 e. The Morgan fingerprint density at radius 2 is 1.66 bits per heavy atom. The molecule has 4 aromatic rings. The highest BCUT2D eigenvalue weighted by Crippen LogP contribution is 2.30. The molecule has 0 fully saturated rings. The summed E-state index contributed by atoms with van der Waals surface area (Å²) in [7, 11) is 0. The lowest BCUT2D eigenvalue weighted by molar-refractivity contribution is -0.138. The second-order valence-electron chi connectivity index (χ2n) is 10.2. The van der Waals surface area contributed by atoms with Crippen molar-refractivity contribution in [3.8, 4) is 11.1 Å². The van der Waals surface area contributed by atoms with Gasteiger partial charge in [0, 0.05) is 19.2 Å². The number of amides is 2. The van der Waals surface area contributed by atoms with Crippen molar-refractivity contribution in [1.82, 2.24) is 15.6 Å². The number of anilines is 1. The molecule has 4 rings (SSSR count). The molecule has 0 aliphatic heterocycles. The zero-order chi connectivity index (χ0) is 29.2. The number of aliphatic carboxylic acids is 1. The van der Waals surface area contributed by atoms with E-state index in [1.54, 1.807) is 13.1 Å².